The van der Waals surface area contributed by atoms with Gasteiger partial charge in [-0.2, -0.15) is 0 Å². The first-order valence-corrected chi connectivity index (χ1v) is 5.61. The van der Waals surface area contributed by atoms with Gasteiger partial charge in [-0.1, -0.05) is 0 Å². The Labute approximate surface area is 105 Å². The van der Waals surface area contributed by atoms with E-state index in [0.29, 0.717) is 6.54 Å². The van der Waals surface area contributed by atoms with Gasteiger partial charge in [0.25, 0.3) is 0 Å². The van der Waals surface area contributed by atoms with Crippen LogP contribution in [0.1, 0.15) is 20.8 Å². The first-order valence-electron chi connectivity index (χ1n) is 5.61. The number of carbonyl (C=O) groups is 3. The van der Waals surface area contributed by atoms with Gasteiger partial charge in [0.05, 0.1) is 6.04 Å². The number of carbonyl (C=O) groups excluding carboxylic acids is 3. The molecule has 0 radical (unpaired) electrons. The van der Waals surface area contributed by atoms with Crippen LogP contribution < -0.4 is 5.32 Å². The number of hydrogen-bond acceptors (Lipinski definition) is 7. The van der Waals surface area contributed by atoms with Crippen molar-refractivity contribution < 1.29 is 28.6 Å². The van der Waals surface area contributed by atoms with Crippen molar-refractivity contribution in [1.29, 1.82) is 0 Å². The number of esters is 3. The van der Waals surface area contributed by atoms with Crippen molar-refractivity contribution in [2.24, 2.45) is 0 Å². The van der Waals surface area contributed by atoms with Gasteiger partial charge in [-0.05, 0) is 0 Å². The molecule has 0 amide bonds. The first-order chi connectivity index (χ1) is 8.40. The summed E-state index contributed by atoms with van der Waals surface area (Å²) in [7, 11) is 0. The third kappa shape index (κ3) is 4.33. The van der Waals surface area contributed by atoms with Crippen molar-refractivity contribution in [3.05, 3.63) is 0 Å². The van der Waals surface area contributed by atoms with Crippen molar-refractivity contribution in [3.8, 4) is 0 Å². The Hall–Kier alpha value is -1.63. The van der Waals surface area contributed by atoms with E-state index in [1.165, 1.54) is 20.8 Å². The second kappa shape index (κ2) is 6.34. The molecule has 0 spiro atoms. The zero-order valence-electron chi connectivity index (χ0n) is 10.6. The molecule has 0 aromatic heterocycles. The Morgan fingerprint density at radius 1 is 1.06 bits per heavy atom. The lowest BCUT2D eigenvalue weighted by atomic mass is 10.1. The second-order valence-corrected chi connectivity index (χ2v) is 4.04. The lowest BCUT2D eigenvalue weighted by Gasteiger charge is -2.22. The maximum atomic E-state index is 11.0. The van der Waals surface area contributed by atoms with E-state index in [-0.39, 0.29) is 12.6 Å². The van der Waals surface area contributed by atoms with Gasteiger partial charge < -0.3 is 19.5 Å². The van der Waals surface area contributed by atoms with E-state index in [0.717, 1.165) is 0 Å². The number of nitrogens with one attached hydrogen (secondary N) is 1. The first kappa shape index (κ1) is 14.4. The van der Waals surface area contributed by atoms with Crippen molar-refractivity contribution in [3.63, 3.8) is 0 Å². The molecule has 7 heteroatoms. The van der Waals surface area contributed by atoms with E-state index >= 15 is 0 Å². The molecule has 0 bridgehead atoms. The van der Waals surface area contributed by atoms with Crippen LogP contribution in [0.3, 0.4) is 0 Å². The Bertz CT molecular complexity index is 342. The maximum absolute atomic E-state index is 11.0. The van der Waals surface area contributed by atoms with Crippen molar-refractivity contribution >= 4 is 17.9 Å². The minimum absolute atomic E-state index is 0.0606. The van der Waals surface area contributed by atoms with Crippen LogP contribution in [0, 0.1) is 0 Å². The van der Waals surface area contributed by atoms with Crippen LogP contribution in [-0.2, 0) is 28.6 Å². The molecule has 0 aromatic rings. The molecule has 0 aliphatic carbocycles. The smallest absolute Gasteiger partial charge is 0.303 e. The Morgan fingerprint density at radius 3 is 2.17 bits per heavy atom. The molecule has 1 N–H and O–H groups in total. The van der Waals surface area contributed by atoms with Gasteiger partial charge in [0.1, 0.15) is 6.61 Å². The highest BCUT2D eigenvalue weighted by Crippen LogP contribution is 2.16. The fourth-order valence-corrected chi connectivity index (χ4v) is 1.79. The lowest BCUT2D eigenvalue weighted by molar-refractivity contribution is -0.164. The summed E-state index contributed by atoms with van der Waals surface area (Å²) >= 11 is 0. The molecule has 1 heterocycles. The Balaban J connectivity index is 2.63. The molecular weight excluding hydrogens is 242 g/mol. The average molecular weight is 259 g/mol. The van der Waals surface area contributed by atoms with Gasteiger partial charge in [0.2, 0.25) is 0 Å². The SMILES string of the molecule is CC(=O)OC[C@@H]1NC[C@H](OC(C)=O)[C@H]1OC(C)=O. The summed E-state index contributed by atoms with van der Waals surface area (Å²) in [6.45, 7) is 4.25. The summed E-state index contributed by atoms with van der Waals surface area (Å²) in [5, 5.41) is 2.99. The summed E-state index contributed by atoms with van der Waals surface area (Å²) in [6.07, 6.45) is -1.21. The minimum atomic E-state index is -0.647. The molecule has 1 saturated heterocycles. The van der Waals surface area contributed by atoms with Gasteiger partial charge >= 0.3 is 17.9 Å². The predicted octanol–water partition coefficient (Wildman–Crippen LogP) is -0.615. The van der Waals surface area contributed by atoms with Crippen LogP contribution in [0.4, 0.5) is 0 Å². The summed E-state index contributed by atoms with van der Waals surface area (Å²) in [5.74, 6) is -1.35. The Morgan fingerprint density at radius 2 is 1.67 bits per heavy atom. The van der Waals surface area contributed by atoms with Gasteiger partial charge in [-0.3, -0.25) is 14.4 Å². The molecule has 0 unspecified atom stereocenters. The topological polar surface area (TPSA) is 90.9 Å². The summed E-state index contributed by atoms with van der Waals surface area (Å²) in [4.78, 5) is 32.7. The molecule has 3 atom stereocenters. The Kier molecular flexibility index (Phi) is 5.08. The van der Waals surface area contributed by atoms with E-state index < -0.39 is 30.1 Å². The van der Waals surface area contributed by atoms with Crippen molar-refractivity contribution in [2.45, 2.75) is 39.0 Å². The number of ether oxygens (including phenoxy) is 3. The van der Waals surface area contributed by atoms with Gasteiger partial charge in [0, 0.05) is 27.3 Å². The van der Waals surface area contributed by atoms with Crippen LogP contribution >= 0.6 is 0 Å². The molecule has 18 heavy (non-hydrogen) atoms. The number of hydrogen-bond donors (Lipinski definition) is 1. The molecule has 0 aromatic carbocycles. The molecule has 0 saturated carbocycles. The van der Waals surface area contributed by atoms with E-state index in [9.17, 15) is 14.4 Å². The highest BCUT2D eigenvalue weighted by Gasteiger charge is 2.41. The van der Waals surface area contributed by atoms with Gasteiger partial charge in [-0.15, -0.1) is 0 Å². The molecule has 1 aliphatic heterocycles. The van der Waals surface area contributed by atoms with Crippen LogP contribution in [-0.4, -0.2) is 49.3 Å². The zero-order valence-corrected chi connectivity index (χ0v) is 10.6. The molecule has 102 valence electrons. The molecule has 7 nitrogen and oxygen atoms in total. The quantitative estimate of drug-likeness (QED) is 0.531. The van der Waals surface area contributed by atoms with Crippen LogP contribution in [0.15, 0.2) is 0 Å². The molecule has 1 fully saturated rings. The number of rotatable bonds is 4. The van der Waals surface area contributed by atoms with Crippen molar-refractivity contribution in [1.82, 2.24) is 5.32 Å². The highest BCUT2D eigenvalue weighted by atomic mass is 16.6. The monoisotopic (exact) mass is 259 g/mol. The van der Waals surface area contributed by atoms with Crippen molar-refractivity contribution in [2.75, 3.05) is 13.2 Å². The maximum Gasteiger partial charge on any atom is 0.303 e. The summed E-state index contributed by atoms with van der Waals surface area (Å²) < 4.78 is 15.0. The molecule has 1 aliphatic rings. The van der Waals surface area contributed by atoms with Gasteiger partial charge in [0.15, 0.2) is 12.2 Å². The largest absolute Gasteiger partial charge is 0.464 e. The highest BCUT2D eigenvalue weighted by molar-refractivity contribution is 5.68. The predicted molar refractivity (Wildman–Crippen MR) is 59.5 cm³/mol. The fraction of sp³-hybridized carbons (Fsp3) is 0.727. The third-order valence-corrected chi connectivity index (χ3v) is 2.43. The fourth-order valence-electron chi connectivity index (χ4n) is 1.79. The second-order valence-electron chi connectivity index (χ2n) is 4.04. The minimum Gasteiger partial charge on any atom is -0.464 e. The van der Waals surface area contributed by atoms with Crippen LogP contribution in [0.25, 0.3) is 0 Å². The van der Waals surface area contributed by atoms with Crippen LogP contribution in [0.5, 0.6) is 0 Å². The lowest BCUT2D eigenvalue weighted by Crippen LogP contribution is -2.41. The zero-order chi connectivity index (χ0) is 13.7. The van der Waals surface area contributed by atoms with E-state index in [2.05, 4.69) is 5.32 Å². The normalized spacial score (nSPS) is 26.5. The van der Waals surface area contributed by atoms with Gasteiger partial charge in [-0.25, -0.2) is 0 Å². The summed E-state index contributed by atoms with van der Waals surface area (Å²) in [6, 6.07) is -0.373. The molecular formula is C11H17NO6. The van der Waals surface area contributed by atoms with E-state index in [1.807, 2.05) is 0 Å². The standard InChI is InChI=1S/C11H17NO6/c1-6(13)16-5-9-11(18-8(3)15)10(4-12-9)17-7(2)14/h9-12H,4-5H2,1-3H3/t9-,10-,11-/m0/s1. The molecule has 1 rings (SSSR count). The third-order valence-electron chi connectivity index (χ3n) is 2.43. The van der Waals surface area contributed by atoms with Crippen LogP contribution in [0.2, 0.25) is 0 Å². The summed E-state index contributed by atoms with van der Waals surface area (Å²) in [5.41, 5.74) is 0. The average Bonchev–Trinajstić information content (AvgIpc) is 2.57. The van der Waals surface area contributed by atoms with E-state index in [4.69, 9.17) is 14.2 Å². The van der Waals surface area contributed by atoms with E-state index in [1.54, 1.807) is 0 Å².